The van der Waals surface area contributed by atoms with Crippen molar-refractivity contribution in [2.75, 3.05) is 16.6 Å². The summed E-state index contributed by atoms with van der Waals surface area (Å²) in [6.45, 7) is 4.18. The molecule has 8 heteroatoms. The third-order valence-corrected chi connectivity index (χ3v) is 6.33. The first-order valence-electron chi connectivity index (χ1n) is 10.8. The Morgan fingerprint density at radius 2 is 1.73 bits per heavy atom. The molecule has 2 N–H and O–H groups in total. The second kappa shape index (κ2) is 11.0. The molecule has 0 heterocycles. The van der Waals surface area contributed by atoms with Crippen molar-refractivity contribution < 1.29 is 22.3 Å². The number of ether oxygens (including phenoxy) is 1. The summed E-state index contributed by atoms with van der Waals surface area (Å²) in [5, 5.41) is 2.56. The molecule has 0 bridgehead atoms. The van der Waals surface area contributed by atoms with Crippen LogP contribution in [0.5, 0.6) is 5.75 Å². The molecule has 0 aromatic heterocycles. The van der Waals surface area contributed by atoms with Crippen LogP contribution in [0, 0.1) is 5.82 Å². The molecule has 0 aliphatic heterocycles. The molecule has 0 spiro atoms. The highest BCUT2D eigenvalue weighted by molar-refractivity contribution is 7.92. The predicted octanol–water partition coefficient (Wildman–Crippen LogP) is 5.62. The van der Waals surface area contributed by atoms with Crippen LogP contribution in [0.3, 0.4) is 0 Å². The van der Waals surface area contributed by atoms with Gasteiger partial charge in [-0.05, 0) is 67.8 Å². The van der Waals surface area contributed by atoms with E-state index < -0.39 is 21.7 Å². The van der Waals surface area contributed by atoms with Crippen LogP contribution in [0.1, 0.15) is 42.6 Å². The van der Waals surface area contributed by atoms with Crippen LogP contribution in [0.2, 0.25) is 0 Å². The number of nitrogens with one attached hydrogen (secondary N) is 2. The van der Waals surface area contributed by atoms with Crippen LogP contribution in [-0.2, 0) is 16.4 Å². The van der Waals surface area contributed by atoms with Gasteiger partial charge in [-0.25, -0.2) is 12.8 Å². The van der Waals surface area contributed by atoms with Gasteiger partial charge in [-0.15, -0.1) is 0 Å². The third kappa shape index (κ3) is 6.32. The van der Waals surface area contributed by atoms with Crippen LogP contribution < -0.4 is 14.8 Å². The van der Waals surface area contributed by atoms with E-state index in [-0.39, 0.29) is 21.9 Å². The van der Waals surface area contributed by atoms with E-state index in [1.54, 1.807) is 25.1 Å². The van der Waals surface area contributed by atoms with Crippen molar-refractivity contribution in [2.45, 2.75) is 38.0 Å². The molecule has 0 saturated heterocycles. The van der Waals surface area contributed by atoms with Crippen molar-refractivity contribution >= 4 is 27.3 Å². The van der Waals surface area contributed by atoms with Crippen molar-refractivity contribution in [1.29, 1.82) is 0 Å². The Bertz CT molecular complexity index is 1210. The summed E-state index contributed by atoms with van der Waals surface area (Å²) in [6.07, 6.45) is 3.09. The largest absolute Gasteiger partial charge is 0.492 e. The summed E-state index contributed by atoms with van der Waals surface area (Å²) in [5.74, 6) is -1.11. The molecule has 3 rings (SSSR count). The number of hydrogen-bond acceptors (Lipinski definition) is 4. The Morgan fingerprint density at radius 1 is 1.00 bits per heavy atom. The molecular weight excluding hydrogens is 443 g/mol. The molecule has 0 radical (unpaired) electrons. The monoisotopic (exact) mass is 470 g/mol. The van der Waals surface area contributed by atoms with E-state index in [1.165, 1.54) is 36.4 Å². The zero-order valence-corrected chi connectivity index (χ0v) is 19.4. The van der Waals surface area contributed by atoms with Gasteiger partial charge in [0, 0.05) is 5.69 Å². The van der Waals surface area contributed by atoms with E-state index in [1.807, 2.05) is 12.1 Å². The van der Waals surface area contributed by atoms with Gasteiger partial charge < -0.3 is 10.1 Å². The van der Waals surface area contributed by atoms with Gasteiger partial charge in [0.25, 0.3) is 15.9 Å². The lowest BCUT2D eigenvalue weighted by Gasteiger charge is -2.15. The minimum Gasteiger partial charge on any atom is -0.492 e. The molecule has 0 aliphatic carbocycles. The number of halogens is 1. The number of carbonyl (C=O) groups is 1. The second-order valence-electron chi connectivity index (χ2n) is 7.43. The predicted molar refractivity (Wildman–Crippen MR) is 128 cm³/mol. The number of amides is 1. The number of anilines is 2. The highest BCUT2D eigenvalue weighted by atomic mass is 32.2. The van der Waals surface area contributed by atoms with E-state index in [0.717, 1.165) is 24.8 Å². The highest BCUT2D eigenvalue weighted by Crippen LogP contribution is 2.29. The highest BCUT2D eigenvalue weighted by Gasteiger charge is 2.19. The smallest absolute Gasteiger partial charge is 0.261 e. The normalized spacial score (nSPS) is 11.1. The molecule has 0 atom stereocenters. The summed E-state index contributed by atoms with van der Waals surface area (Å²) >= 11 is 0. The van der Waals surface area contributed by atoms with Gasteiger partial charge >= 0.3 is 0 Å². The second-order valence-corrected chi connectivity index (χ2v) is 9.11. The number of carbonyl (C=O) groups excluding carboxylic acids is 1. The minimum absolute atomic E-state index is 0.0650. The van der Waals surface area contributed by atoms with Gasteiger partial charge in [0.05, 0.1) is 22.8 Å². The van der Waals surface area contributed by atoms with E-state index in [4.69, 9.17) is 4.74 Å². The van der Waals surface area contributed by atoms with Gasteiger partial charge in [0.1, 0.15) is 11.6 Å². The number of hydrogen-bond donors (Lipinski definition) is 2. The molecule has 6 nitrogen and oxygen atoms in total. The lowest BCUT2D eigenvalue weighted by atomic mass is 10.1. The van der Waals surface area contributed by atoms with E-state index in [0.29, 0.717) is 12.3 Å². The summed E-state index contributed by atoms with van der Waals surface area (Å²) in [6, 6.07) is 16.9. The van der Waals surface area contributed by atoms with E-state index in [9.17, 15) is 17.6 Å². The summed E-state index contributed by atoms with van der Waals surface area (Å²) in [7, 11) is -3.94. The Labute approximate surface area is 193 Å². The van der Waals surface area contributed by atoms with Crippen LogP contribution in [0.4, 0.5) is 15.8 Å². The molecule has 33 heavy (non-hydrogen) atoms. The minimum atomic E-state index is -3.94. The number of unbranched alkanes of at least 4 members (excludes halogenated alkanes) is 1. The lowest BCUT2D eigenvalue weighted by molar-refractivity contribution is 0.102. The molecule has 0 aliphatic rings. The standard InChI is InChI=1S/C25H27FN2O4S/c1-3-5-8-18-11-13-19(14-12-18)28-33(30,31)20-15-16-24(32-4-2)23(17-20)27-25(29)21-9-6-7-10-22(21)26/h6-7,9-17,28H,3-5,8H2,1-2H3,(H,27,29). The molecule has 3 aromatic carbocycles. The Morgan fingerprint density at radius 3 is 2.39 bits per heavy atom. The van der Waals surface area contributed by atoms with Gasteiger partial charge in [-0.2, -0.15) is 0 Å². The lowest BCUT2D eigenvalue weighted by Crippen LogP contribution is -2.17. The molecule has 0 unspecified atom stereocenters. The van der Waals surface area contributed by atoms with Crippen molar-refractivity contribution in [1.82, 2.24) is 0 Å². The molecule has 0 fully saturated rings. The van der Waals surface area contributed by atoms with Crippen molar-refractivity contribution in [2.24, 2.45) is 0 Å². The van der Waals surface area contributed by atoms with E-state index >= 15 is 0 Å². The maximum absolute atomic E-state index is 14.0. The Balaban J connectivity index is 1.85. The number of rotatable bonds is 10. The average Bonchev–Trinajstić information content (AvgIpc) is 2.80. The maximum atomic E-state index is 14.0. The Hall–Kier alpha value is -3.39. The van der Waals surface area contributed by atoms with Crippen LogP contribution in [0.15, 0.2) is 71.6 Å². The van der Waals surface area contributed by atoms with Crippen molar-refractivity contribution in [3.63, 3.8) is 0 Å². The average molecular weight is 471 g/mol. The zero-order valence-electron chi connectivity index (χ0n) is 18.6. The number of benzene rings is 3. The quantitative estimate of drug-likeness (QED) is 0.403. The van der Waals surface area contributed by atoms with E-state index in [2.05, 4.69) is 17.0 Å². The van der Waals surface area contributed by atoms with Crippen LogP contribution in [-0.4, -0.2) is 20.9 Å². The van der Waals surface area contributed by atoms with Crippen LogP contribution >= 0.6 is 0 Å². The molecule has 0 saturated carbocycles. The maximum Gasteiger partial charge on any atom is 0.261 e. The molecular formula is C25H27FN2O4S. The van der Waals surface area contributed by atoms with Gasteiger partial charge in [0.15, 0.2) is 0 Å². The SMILES string of the molecule is CCCCc1ccc(NS(=O)(=O)c2ccc(OCC)c(NC(=O)c3ccccc3F)c2)cc1. The summed E-state index contributed by atoms with van der Waals surface area (Å²) in [4.78, 5) is 12.5. The topological polar surface area (TPSA) is 84.5 Å². The van der Waals surface area contributed by atoms with Crippen molar-refractivity contribution in [3.05, 3.63) is 83.7 Å². The first kappa shape index (κ1) is 24.3. The van der Waals surface area contributed by atoms with Gasteiger partial charge in [0.2, 0.25) is 0 Å². The fourth-order valence-electron chi connectivity index (χ4n) is 3.22. The molecule has 174 valence electrons. The third-order valence-electron chi connectivity index (χ3n) is 4.95. The Kier molecular flexibility index (Phi) is 8.06. The first-order valence-corrected chi connectivity index (χ1v) is 12.3. The van der Waals surface area contributed by atoms with Crippen LogP contribution in [0.25, 0.3) is 0 Å². The van der Waals surface area contributed by atoms with Gasteiger partial charge in [-0.3, -0.25) is 9.52 Å². The zero-order chi connectivity index (χ0) is 23.8. The number of aryl methyl sites for hydroxylation is 1. The summed E-state index contributed by atoms with van der Waals surface area (Å²) in [5.41, 5.74) is 1.54. The fraction of sp³-hybridized carbons (Fsp3) is 0.240. The van der Waals surface area contributed by atoms with Gasteiger partial charge in [-0.1, -0.05) is 37.6 Å². The molecule has 3 aromatic rings. The number of sulfonamides is 1. The molecule has 1 amide bonds. The summed E-state index contributed by atoms with van der Waals surface area (Å²) < 4.78 is 48.0. The van der Waals surface area contributed by atoms with Crippen molar-refractivity contribution in [3.8, 4) is 5.75 Å². The first-order chi connectivity index (χ1) is 15.8. The fourth-order valence-corrected chi connectivity index (χ4v) is 4.31.